The summed E-state index contributed by atoms with van der Waals surface area (Å²) >= 11 is 3.20. The van der Waals surface area contributed by atoms with Crippen molar-refractivity contribution in [1.29, 1.82) is 0 Å². The highest BCUT2D eigenvalue weighted by Gasteiger charge is 2.18. The van der Waals surface area contributed by atoms with E-state index in [1.165, 1.54) is 0 Å². The van der Waals surface area contributed by atoms with E-state index in [9.17, 15) is 0 Å². The number of nitrogens with zero attached hydrogens (tertiary/aromatic N) is 4. The van der Waals surface area contributed by atoms with Crippen LogP contribution in [0.2, 0.25) is 0 Å². The van der Waals surface area contributed by atoms with Crippen LogP contribution in [0.4, 0.5) is 0 Å². The van der Waals surface area contributed by atoms with Crippen molar-refractivity contribution in [1.82, 2.24) is 19.7 Å². The predicted octanol–water partition coefficient (Wildman–Crippen LogP) is 3.38. The van der Waals surface area contributed by atoms with Crippen LogP contribution in [0.3, 0.4) is 0 Å². The normalized spacial score (nSPS) is 12.7. The third-order valence-electron chi connectivity index (χ3n) is 2.59. The van der Waals surface area contributed by atoms with Crippen molar-refractivity contribution in [2.45, 2.75) is 17.3 Å². The highest BCUT2D eigenvalue weighted by molar-refractivity contribution is 7.99. The summed E-state index contributed by atoms with van der Waals surface area (Å²) in [6, 6.07) is 3.96. The number of thiophene rings is 1. The molecular weight excluding hydrogens is 280 g/mol. The van der Waals surface area contributed by atoms with Gasteiger partial charge in [0.15, 0.2) is 5.16 Å². The molecule has 1 unspecified atom stereocenters. The number of aryl methyl sites for hydroxylation is 1. The number of rotatable bonds is 4. The van der Waals surface area contributed by atoms with Gasteiger partial charge in [0.25, 0.3) is 0 Å². The predicted molar refractivity (Wildman–Crippen MR) is 75.1 cm³/mol. The Bertz CT molecular complexity index is 659. The lowest BCUT2D eigenvalue weighted by Crippen LogP contribution is -1.94. The summed E-state index contributed by atoms with van der Waals surface area (Å²) in [5, 5.41) is 7.02. The minimum absolute atomic E-state index is 0.0716. The number of imidazole rings is 1. The summed E-state index contributed by atoms with van der Waals surface area (Å²) in [6.45, 7) is 2.03. The van der Waals surface area contributed by atoms with Gasteiger partial charge in [0.1, 0.15) is 0 Å². The zero-order valence-electron chi connectivity index (χ0n) is 10.5. The first-order valence-electron chi connectivity index (χ1n) is 5.75. The van der Waals surface area contributed by atoms with Crippen LogP contribution in [-0.2, 0) is 7.05 Å². The SMILES string of the molecule is CC(Sc1nccn1C)c1nc(-c2cccs2)no1. The molecule has 0 aliphatic rings. The van der Waals surface area contributed by atoms with Crippen LogP contribution in [0.1, 0.15) is 18.1 Å². The quantitative estimate of drug-likeness (QED) is 0.690. The lowest BCUT2D eigenvalue weighted by Gasteiger charge is -2.05. The van der Waals surface area contributed by atoms with Gasteiger partial charge in [-0.05, 0) is 18.4 Å². The lowest BCUT2D eigenvalue weighted by molar-refractivity contribution is 0.380. The van der Waals surface area contributed by atoms with E-state index in [1.807, 2.05) is 42.2 Å². The maximum atomic E-state index is 5.33. The summed E-state index contributed by atoms with van der Waals surface area (Å²) in [5.41, 5.74) is 0. The third-order valence-corrected chi connectivity index (χ3v) is 4.62. The first-order chi connectivity index (χ1) is 9.24. The van der Waals surface area contributed by atoms with Gasteiger partial charge in [-0.1, -0.05) is 23.0 Å². The number of hydrogen-bond donors (Lipinski definition) is 0. The lowest BCUT2D eigenvalue weighted by atomic mass is 10.4. The van der Waals surface area contributed by atoms with Gasteiger partial charge in [-0.25, -0.2) is 4.98 Å². The second-order valence-electron chi connectivity index (χ2n) is 4.01. The topological polar surface area (TPSA) is 56.7 Å². The maximum absolute atomic E-state index is 5.33. The third kappa shape index (κ3) is 2.57. The number of thioether (sulfide) groups is 1. The molecular formula is C12H12N4OS2. The molecule has 3 aromatic rings. The second kappa shape index (κ2) is 5.18. The fraction of sp³-hybridized carbons (Fsp3) is 0.250. The van der Waals surface area contributed by atoms with E-state index in [1.54, 1.807) is 29.3 Å². The van der Waals surface area contributed by atoms with Gasteiger partial charge in [-0.2, -0.15) is 4.98 Å². The van der Waals surface area contributed by atoms with Crippen molar-refractivity contribution >= 4 is 23.1 Å². The summed E-state index contributed by atoms with van der Waals surface area (Å²) in [4.78, 5) is 9.73. The van der Waals surface area contributed by atoms with Crippen molar-refractivity contribution in [3.05, 3.63) is 35.8 Å². The van der Waals surface area contributed by atoms with Gasteiger partial charge in [0.05, 0.1) is 10.1 Å². The van der Waals surface area contributed by atoms with Crippen LogP contribution >= 0.6 is 23.1 Å². The van der Waals surface area contributed by atoms with Gasteiger partial charge in [0, 0.05) is 19.4 Å². The highest BCUT2D eigenvalue weighted by Crippen LogP contribution is 2.33. The van der Waals surface area contributed by atoms with Gasteiger partial charge in [-0.15, -0.1) is 11.3 Å². The molecule has 5 nitrogen and oxygen atoms in total. The molecule has 0 saturated carbocycles. The van der Waals surface area contributed by atoms with Gasteiger partial charge >= 0.3 is 0 Å². The van der Waals surface area contributed by atoms with Crippen LogP contribution < -0.4 is 0 Å². The molecule has 1 atom stereocenters. The molecule has 0 amide bonds. The van der Waals surface area contributed by atoms with Crippen LogP contribution in [-0.4, -0.2) is 19.7 Å². The van der Waals surface area contributed by atoms with Crippen molar-refractivity contribution in [2.75, 3.05) is 0 Å². The molecule has 0 bridgehead atoms. The average Bonchev–Trinajstić information content (AvgIpc) is 3.09. The zero-order chi connectivity index (χ0) is 13.2. The van der Waals surface area contributed by atoms with Crippen molar-refractivity contribution < 1.29 is 4.52 Å². The molecule has 0 radical (unpaired) electrons. The van der Waals surface area contributed by atoms with E-state index >= 15 is 0 Å². The fourth-order valence-corrected chi connectivity index (χ4v) is 3.09. The van der Waals surface area contributed by atoms with E-state index < -0.39 is 0 Å². The van der Waals surface area contributed by atoms with Gasteiger partial charge < -0.3 is 9.09 Å². The standard InChI is InChI=1S/C12H12N4OS2/c1-8(19-12-13-5-6-16(12)2)11-14-10(15-17-11)9-4-3-7-18-9/h3-8H,1-2H3. The molecule has 0 fully saturated rings. The Morgan fingerprint density at radius 2 is 2.37 bits per heavy atom. The van der Waals surface area contributed by atoms with Crippen molar-refractivity contribution in [2.24, 2.45) is 7.05 Å². The molecule has 0 aliphatic carbocycles. The molecule has 3 rings (SSSR count). The molecule has 0 aromatic carbocycles. The summed E-state index contributed by atoms with van der Waals surface area (Å²) < 4.78 is 7.30. The van der Waals surface area contributed by atoms with Crippen LogP contribution in [0.25, 0.3) is 10.7 Å². The Balaban J connectivity index is 1.77. The molecule has 0 N–H and O–H groups in total. The smallest absolute Gasteiger partial charge is 0.240 e. The van der Waals surface area contributed by atoms with E-state index in [0.717, 1.165) is 10.0 Å². The maximum Gasteiger partial charge on any atom is 0.240 e. The van der Waals surface area contributed by atoms with Gasteiger partial charge in [0.2, 0.25) is 11.7 Å². The number of hydrogen-bond acceptors (Lipinski definition) is 6. The van der Waals surface area contributed by atoms with Crippen LogP contribution in [0.5, 0.6) is 0 Å². The largest absolute Gasteiger partial charge is 0.338 e. The van der Waals surface area contributed by atoms with E-state index in [-0.39, 0.29) is 5.25 Å². The average molecular weight is 292 g/mol. The minimum atomic E-state index is 0.0716. The Hall–Kier alpha value is -1.60. The first-order valence-corrected chi connectivity index (χ1v) is 7.51. The fourth-order valence-electron chi connectivity index (χ4n) is 1.58. The van der Waals surface area contributed by atoms with E-state index in [2.05, 4.69) is 15.1 Å². The van der Waals surface area contributed by atoms with Gasteiger partial charge in [-0.3, -0.25) is 0 Å². The Labute approximate surface area is 118 Å². The Morgan fingerprint density at radius 1 is 1.47 bits per heavy atom. The second-order valence-corrected chi connectivity index (χ2v) is 6.27. The molecule has 98 valence electrons. The molecule has 3 heterocycles. The van der Waals surface area contributed by atoms with Crippen molar-refractivity contribution in [3.8, 4) is 10.7 Å². The first kappa shape index (κ1) is 12.4. The van der Waals surface area contributed by atoms with E-state index in [4.69, 9.17) is 4.52 Å². The molecule has 19 heavy (non-hydrogen) atoms. The van der Waals surface area contributed by atoms with Crippen LogP contribution in [0, 0.1) is 0 Å². The number of aromatic nitrogens is 4. The highest BCUT2D eigenvalue weighted by atomic mass is 32.2. The summed E-state index contributed by atoms with van der Waals surface area (Å²) in [7, 11) is 1.97. The molecule has 7 heteroatoms. The molecule has 0 saturated heterocycles. The van der Waals surface area contributed by atoms with E-state index in [0.29, 0.717) is 11.7 Å². The Morgan fingerprint density at radius 3 is 3.05 bits per heavy atom. The van der Waals surface area contributed by atoms with Crippen molar-refractivity contribution in [3.63, 3.8) is 0 Å². The summed E-state index contributed by atoms with van der Waals surface area (Å²) in [5.74, 6) is 1.27. The minimum Gasteiger partial charge on any atom is -0.338 e. The molecule has 0 spiro atoms. The molecule has 0 aliphatic heterocycles. The summed E-state index contributed by atoms with van der Waals surface area (Å²) in [6.07, 6.45) is 3.69. The Kier molecular flexibility index (Phi) is 3.39. The zero-order valence-corrected chi connectivity index (χ0v) is 12.1. The van der Waals surface area contributed by atoms with Crippen LogP contribution in [0.15, 0.2) is 39.6 Å². The molecule has 3 aromatic heterocycles. The monoisotopic (exact) mass is 292 g/mol.